The molecule has 2 aromatic rings. The first kappa shape index (κ1) is 20.9. The Morgan fingerprint density at radius 1 is 1.09 bits per heavy atom. The van der Waals surface area contributed by atoms with Gasteiger partial charge in [-0.05, 0) is 85.8 Å². The molecule has 1 N–H and O–H groups in total. The fraction of sp³-hybridized carbons (Fsp3) is 0.593. The Kier molecular flexibility index (Phi) is 5.27. The van der Waals surface area contributed by atoms with Gasteiger partial charge in [-0.25, -0.2) is 9.97 Å². The van der Waals surface area contributed by atoms with Crippen molar-refractivity contribution in [3.05, 3.63) is 47.4 Å². The van der Waals surface area contributed by atoms with Crippen LogP contribution in [-0.4, -0.2) is 41.0 Å². The number of ether oxygens (including phenoxy) is 1. The second kappa shape index (κ2) is 8.30. The van der Waals surface area contributed by atoms with Crippen LogP contribution in [0.25, 0.3) is 0 Å². The largest absolute Gasteiger partial charge is 0.497 e. The number of hydrogen-bond acceptors (Lipinski definition) is 5. The zero-order valence-corrected chi connectivity index (χ0v) is 19.6. The Hall–Kier alpha value is -2.63. The number of carbonyl (C=O) groups is 1. The van der Waals surface area contributed by atoms with E-state index in [2.05, 4.69) is 15.3 Å². The van der Waals surface area contributed by atoms with Gasteiger partial charge in [0.2, 0.25) is 5.91 Å². The third kappa shape index (κ3) is 4.09. The quantitative estimate of drug-likeness (QED) is 0.719. The molecule has 174 valence electrons. The molecule has 0 saturated heterocycles. The van der Waals surface area contributed by atoms with Gasteiger partial charge in [0.1, 0.15) is 17.9 Å². The normalized spacial score (nSPS) is 29.6. The number of hydrogen-bond donors (Lipinski definition) is 1. The van der Waals surface area contributed by atoms with Crippen molar-refractivity contribution >= 4 is 11.7 Å². The first-order valence-electron chi connectivity index (χ1n) is 12.6. The number of rotatable bonds is 6. The third-order valence-electron chi connectivity index (χ3n) is 8.67. The average molecular weight is 447 g/mol. The average Bonchev–Trinajstić information content (AvgIpc) is 2.82. The van der Waals surface area contributed by atoms with E-state index in [1.165, 1.54) is 44.1 Å². The van der Waals surface area contributed by atoms with Crippen LogP contribution in [0.1, 0.15) is 55.3 Å². The second-order valence-electron chi connectivity index (χ2n) is 11.0. The minimum Gasteiger partial charge on any atom is -0.497 e. The maximum absolute atomic E-state index is 12.9. The van der Waals surface area contributed by atoms with Crippen LogP contribution in [0.5, 0.6) is 5.75 Å². The lowest BCUT2D eigenvalue weighted by atomic mass is 9.49. The van der Waals surface area contributed by atoms with E-state index < -0.39 is 0 Å². The van der Waals surface area contributed by atoms with Crippen LogP contribution in [0.15, 0.2) is 30.6 Å². The molecule has 5 aliphatic rings. The predicted molar refractivity (Wildman–Crippen MR) is 127 cm³/mol. The molecule has 0 spiro atoms. The number of aromatic nitrogens is 2. The summed E-state index contributed by atoms with van der Waals surface area (Å²) in [7, 11) is 1.65. The van der Waals surface area contributed by atoms with E-state index >= 15 is 0 Å². The maximum Gasteiger partial charge on any atom is 0.227 e. The Morgan fingerprint density at radius 2 is 1.79 bits per heavy atom. The van der Waals surface area contributed by atoms with Gasteiger partial charge in [-0.1, -0.05) is 12.1 Å². The molecular weight excluding hydrogens is 412 g/mol. The predicted octanol–water partition coefficient (Wildman–Crippen LogP) is 4.24. The summed E-state index contributed by atoms with van der Waals surface area (Å²) >= 11 is 0. The fourth-order valence-corrected chi connectivity index (χ4v) is 7.53. The van der Waals surface area contributed by atoms with E-state index in [0.29, 0.717) is 18.4 Å². The Bertz CT molecular complexity index is 1000. The summed E-state index contributed by atoms with van der Waals surface area (Å²) in [5.41, 5.74) is 3.68. The molecule has 33 heavy (non-hydrogen) atoms. The number of carbonyl (C=O) groups excluding carboxylic acids is 1. The molecule has 4 saturated carbocycles. The SMILES string of the molecule is COc1ccc(CC(=O)N2CCc3c(ncnc3NCC34CC5CC(CC(C5)C3)C4)C2)cc1. The van der Waals surface area contributed by atoms with Gasteiger partial charge in [0, 0.05) is 18.7 Å². The summed E-state index contributed by atoms with van der Waals surface area (Å²) < 4.78 is 5.21. The molecule has 2 heterocycles. The van der Waals surface area contributed by atoms with Crippen molar-refractivity contribution in [2.24, 2.45) is 23.2 Å². The summed E-state index contributed by atoms with van der Waals surface area (Å²) in [5, 5.41) is 3.76. The number of methoxy groups -OCH3 is 1. The third-order valence-corrected chi connectivity index (χ3v) is 8.67. The summed E-state index contributed by atoms with van der Waals surface area (Å²) in [6.07, 6.45) is 11.5. The van der Waals surface area contributed by atoms with E-state index in [1.807, 2.05) is 29.2 Å². The number of benzene rings is 1. The highest BCUT2D eigenvalue weighted by molar-refractivity contribution is 5.79. The van der Waals surface area contributed by atoms with Crippen LogP contribution in [0.2, 0.25) is 0 Å². The lowest BCUT2D eigenvalue weighted by molar-refractivity contribution is -0.131. The van der Waals surface area contributed by atoms with E-state index in [4.69, 9.17) is 4.74 Å². The molecule has 7 rings (SSSR count). The minimum atomic E-state index is 0.146. The van der Waals surface area contributed by atoms with Gasteiger partial charge in [0.15, 0.2) is 0 Å². The molecule has 1 aromatic carbocycles. The van der Waals surface area contributed by atoms with Gasteiger partial charge < -0.3 is 15.0 Å². The molecule has 4 bridgehead atoms. The van der Waals surface area contributed by atoms with E-state index in [1.54, 1.807) is 13.4 Å². The van der Waals surface area contributed by atoms with E-state index in [0.717, 1.165) is 60.1 Å². The summed E-state index contributed by atoms with van der Waals surface area (Å²) in [5.74, 6) is 4.83. The lowest BCUT2D eigenvalue weighted by Crippen LogP contribution is -2.49. The molecule has 1 aromatic heterocycles. The van der Waals surface area contributed by atoms with E-state index in [9.17, 15) is 4.79 Å². The highest BCUT2D eigenvalue weighted by Crippen LogP contribution is 2.59. The monoisotopic (exact) mass is 446 g/mol. The van der Waals surface area contributed by atoms with Gasteiger partial charge in [0.25, 0.3) is 0 Å². The number of fused-ring (bicyclic) bond motifs is 1. The first-order chi connectivity index (χ1) is 16.1. The molecule has 6 nitrogen and oxygen atoms in total. The first-order valence-corrected chi connectivity index (χ1v) is 12.6. The standard InChI is InChI=1S/C27H34N4O2/c1-33-22-4-2-18(3-5-22)11-25(32)31-7-6-23-24(15-31)29-17-30-26(23)28-16-27-12-19-8-20(13-27)10-21(9-19)14-27/h2-5,17,19-21H,6-16H2,1H3,(H,28,29,30). The van der Waals surface area contributed by atoms with Crippen LogP contribution in [-0.2, 0) is 24.2 Å². The summed E-state index contributed by atoms with van der Waals surface area (Å²) in [6.45, 7) is 2.33. The molecular formula is C27H34N4O2. The van der Waals surface area contributed by atoms with Crippen LogP contribution >= 0.6 is 0 Å². The van der Waals surface area contributed by atoms with Gasteiger partial charge in [-0.2, -0.15) is 0 Å². The molecule has 4 aliphatic carbocycles. The van der Waals surface area contributed by atoms with Crippen LogP contribution < -0.4 is 10.1 Å². The number of amides is 1. The molecule has 0 radical (unpaired) electrons. The van der Waals surface area contributed by atoms with Crippen molar-refractivity contribution in [2.45, 2.75) is 57.9 Å². The number of nitrogens with zero attached hydrogens (tertiary/aromatic N) is 3. The van der Waals surface area contributed by atoms with Crippen LogP contribution in [0.3, 0.4) is 0 Å². The Labute approximate surface area is 196 Å². The maximum atomic E-state index is 12.9. The topological polar surface area (TPSA) is 67.3 Å². The van der Waals surface area contributed by atoms with Gasteiger partial charge in [-0.3, -0.25) is 4.79 Å². The Morgan fingerprint density at radius 3 is 2.45 bits per heavy atom. The Balaban J connectivity index is 1.11. The fourth-order valence-electron chi connectivity index (χ4n) is 7.53. The number of nitrogens with one attached hydrogen (secondary N) is 1. The van der Waals surface area contributed by atoms with Crippen molar-refractivity contribution in [3.63, 3.8) is 0 Å². The molecule has 1 amide bonds. The van der Waals surface area contributed by atoms with Crippen LogP contribution in [0, 0.1) is 23.2 Å². The molecule has 0 atom stereocenters. The van der Waals surface area contributed by atoms with Crippen LogP contribution in [0.4, 0.5) is 5.82 Å². The van der Waals surface area contributed by atoms with Crippen molar-refractivity contribution < 1.29 is 9.53 Å². The molecule has 0 unspecified atom stereocenters. The second-order valence-corrected chi connectivity index (χ2v) is 11.0. The van der Waals surface area contributed by atoms with Crippen molar-refractivity contribution in [2.75, 3.05) is 25.5 Å². The van der Waals surface area contributed by atoms with Crippen molar-refractivity contribution in [1.29, 1.82) is 0 Å². The highest BCUT2D eigenvalue weighted by Gasteiger charge is 2.50. The van der Waals surface area contributed by atoms with E-state index in [-0.39, 0.29) is 5.91 Å². The smallest absolute Gasteiger partial charge is 0.227 e. The lowest BCUT2D eigenvalue weighted by Gasteiger charge is -2.57. The molecule has 1 aliphatic heterocycles. The number of anilines is 1. The molecule has 6 heteroatoms. The van der Waals surface area contributed by atoms with Crippen molar-refractivity contribution in [3.8, 4) is 5.75 Å². The summed E-state index contributed by atoms with van der Waals surface area (Å²) in [6, 6.07) is 7.73. The van der Waals surface area contributed by atoms with Crippen molar-refractivity contribution in [1.82, 2.24) is 14.9 Å². The van der Waals surface area contributed by atoms with Gasteiger partial charge in [-0.15, -0.1) is 0 Å². The van der Waals surface area contributed by atoms with Gasteiger partial charge >= 0.3 is 0 Å². The zero-order chi connectivity index (χ0) is 22.4. The van der Waals surface area contributed by atoms with Gasteiger partial charge in [0.05, 0.1) is 25.8 Å². The molecule has 4 fully saturated rings. The summed E-state index contributed by atoms with van der Waals surface area (Å²) in [4.78, 5) is 24.1. The minimum absolute atomic E-state index is 0.146. The highest BCUT2D eigenvalue weighted by atomic mass is 16.5. The zero-order valence-electron chi connectivity index (χ0n) is 19.6.